The zero-order chi connectivity index (χ0) is 18.5. The Morgan fingerprint density at radius 3 is 2.62 bits per heavy atom. The average Bonchev–Trinajstić information content (AvgIpc) is 3.16. The second-order valence-corrected chi connectivity index (χ2v) is 6.88. The van der Waals surface area contributed by atoms with Gasteiger partial charge in [-0.3, -0.25) is 9.59 Å². The van der Waals surface area contributed by atoms with Gasteiger partial charge in [0.2, 0.25) is 11.8 Å². The number of carbonyl (C=O) groups is 2. The van der Waals surface area contributed by atoms with E-state index in [-0.39, 0.29) is 17.7 Å². The number of aromatic nitrogens is 1. The van der Waals surface area contributed by atoms with Crippen LogP contribution in [0.4, 0.5) is 5.13 Å². The Bertz CT molecular complexity index is 858. The molecule has 26 heavy (non-hydrogen) atoms. The summed E-state index contributed by atoms with van der Waals surface area (Å²) in [5, 5.41) is 14.2. The van der Waals surface area contributed by atoms with Crippen LogP contribution in [0.15, 0.2) is 42.3 Å². The number of amides is 2. The Labute approximate surface area is 155 Å². The first-order valence-electron chi connectivity index (χ1n) is 8.29. The van der Waals surface area contributed by atoms with Gasteiger partial charge in [0, 0.05) is 30.0 Å². The second kappa shape index (κ2) is 7.93. The monoisotopic (exact) mass is 366 g/mol. The number of hydrogen-bond acceptors (Lipinski definition) is 5. The molecule has 1 fully saturated rings. The van der Waals surface area contributed by atoms with Crippen LogP contribution in [0.1, 0.15) is 18.4 Å². The van der Waals surface area contributed by atoms with Crippen molar-refractivity contribution in [2.75, 3.05) is 18.4 Å². The summed E-state index contributed by atoms with van der Waals surface area (Å²) in [4.78, 5) is 30.2. The quantitative estimate of drug-likeness (QED) is 0.843. The van der Waals surface area contributed by atoms with Crippen molar-refractivity contribution in [3.05, 3.63) is 47.9 Å². The first-order valence-corrected chi connectivity index (χ1v) is 9.17. The van der Waals surface area contributed by atoms with E-state index in [0.29, 0.717) is 36.6 Å². The summed E-state index contributed by atoms with van der Waals surface area (Å²) in [6.45, 7) is 4.62. The normalized spacial score (nSPS) is 14.5. The van der Waals surface area contributed by atoms with E-state index in [1.54, 1.807) is 17.0 Å². The van der Waals surface area contributed by atoms with E-state index in [2.05, 4.69) is 22.9 Å². The Morgan fingerprint density at radius 1 is 1.31 bits per heavy atom. The van der Waals surface area contributed by atoms with Crippen molar-refractivity contribution in [3.8, 4) is 17.3 Å². The molecule has 2 aromatic rings. The molecule has 1 saturated heterocycles. The molecule has 3 rings (SSSR count). The molecule has 2 amide bonds. The molecule has 0 radical (unpaired) electrons. The second-order valence-electron chi connectivity index (χ2n) is 6.02. The summed E-state index contributed by atoms with van der Waals surface area (Å²) in [6, 6.07) is 9.24. The highest BCUT2D eigenvalue weighted by Crippen LogP contribution is 2.26. The van der Waals surface area contributed by atoms with Crippen LogP contribution >= 0.6 is 11.3 Å². The number of thiazole rings is 1. The molecule has 0 spiro atoms. The molecule has 0 atom stereocenters. The van der Waals surface area contributed by atoms with E-state index in [1.165, 1.54) is 17.4 Å². The number of likely N-dealkylation sites (tertiary alicyclic amines) is 1. The third-order valence-corrected chi connectivity index (χ3v) is 5.15. The number of nitrogens with zero attached hydrogens (tertiary/aromatic N) is 3. The molecule has 2 heterocycles. The molecule has 7 heteroatoms. The van der Waals surface area contributed by atoms with E-state index < -0.39 is 0 Å². The zero-order valence-electron chi connectivity index (χ0n) is 14.1. The maximum atomic E-state index is 12.4. The molecule has 1 aliphatic heterocycles. The summed E-state index contributed by atoms with van der Waals surface area (Å²) in [7, 11) is 0. The van der Waals surface area contributed by atoms with Gasteiger partial charge < -0.3 is 10.2 Å². The number of piperidine rings is 1. The van der Waals surface area contributed by atoms with E-state index in [1.807, 2.05) is 17.5 Å². The zero-order valence-corrected chi connectivity index (χ0v) is 15.0. The number of nitrogens with one attached hydrogen (secondary N) is 1. The van der Waals surface area contributed by atoms with Gasteiger partial charge in [-0.25, -0.2) is 4.98 Å². The number of rotatable bonds is 4. The van der Waals surface area contributed by atoms with E-state index in [9.17, 15) is 9.59 Å². The number of hydrogen-bond donors (Lipinski definition) is 1. The summed E-state index contributed by atoms with van der Waals surface area (Å²) < 4.78 is 0. The highest BCUT2D eigenvalue weighted by atomic mass is 32.1. The summed E-state index contributed by atoms with van der Waals surface area (Å²) in [5.41, 5.74) is 2.26. The molecule has 6 nitrogen and oxygen atoms in total. The minimum absolute atomic E-state index is 0.0589. The van der Waals surface area contributed by atoms with E-state index in [4.69, 9.17) is 5.26 Å². The number of anilines is 1. The fraction of sp³-hybridized carbons (Fsp3) is 0.263. The van der Waals surface area contributed by atoms with Crippen LogP contribution in [-0.2, 0) is 9.59 Å². The Morgan fingerprint density at radius 2 is 2.00 bits per heavy atom. The Balaban J connectivity index is 1.59. The van der Waals surface area contributed by atoms with Crippen molar-refractivity contribution in [2.24, 2.45) is 5.92 Å². The summed E-state index contributed by atoms with van der Waals surface area (Å²) in [5.74, 6) is -0.265. The number of carbonyl (C=O) groups excluding carboxylic acids is 2. The fourth-order valence-electron chi connectivity index (χ4n) is 2.88. The molecule has 1 aromatic heterocycles. The Kier molecular flexibility index (Phi) is 5.44. The maximum Gasteiger partial charge on any atom is 0.245 e. The minimum atomic E-state index is -0.119. The first kappa shape index (κ1) is 17.8. The van der Waals surface area contributed by atoms with Gasteiger partial charge in [-0.05, 0) is 31.1 Å². The van der Waals surface area contributed by atoms with Gasteiger partial charge in [0.1, 0.15) is 0 Å². The van der Waals surface area contributed by atoms with Crippen molar-refractivity contribution in [3.63, 3.8) is 0 Å². The first-order chi connectivity index (χ1) is 12.6. The largest absolute Gasteiger partial charge is 0.339 e. The van der Waals surface area contributed by atoms with Crippen LogP contribution in [0.25, 0.3) is 11.3 Å². The third kappa shape index (κ3) is 3.98. The predicted molar refractivity (Wildman–Crippen MR) is 100 cm³/mol. The molecule has 0 aliphatic carbocycles. The lowest BCUT2D eigenvalue weighted by Gasteiger charge is -2.30. The standard InChI is InChI=1S/C19H18N4O2S/c1-2-17(24)23-9-7-15(8-10-23)18(25)22-19-21-16(12-26-19)14-5-3-13(11-20)4-6-14/h2-6,12,15H,1,7-10H2,(H,21,22,25). The minimum Gasteiger partial charge on any atom is -0.339 e. The molecule has 1 aromatic carbocycles. The van der Waals surface area contributed by atoms with Gasteiger partial charge in [-0.15, -0.1) is 11.3 Å². The molecule has 0 unspecified atom stereocenters. The van der Waals surface area contributed by atoms with Crippen molar-refractivity contribution >= 4 is 28.3 Å². The van der Waals surface area contributed by atoms with Crippen LogP contribution in [0.3, 0.4) is 0 Å². The SMILES string of the molecule is C=CC(=O)N1CCC(C(=O)Nc2nc(-c3ccc(C#N)cc3)cs2)CC1. The van der Waals surface area contributed by atoms with Crippen LogP contribution < -0.4 is 5.32 Å². The molecular weight excluding hydrogens is 348 g/mol. The molecular formula is C19H18N4O2S. The number of nitriles is 1. The lowest BCUT2D eigenvalue weighted by Crippen LogP contribution is -2.40. The topological polar surface area (TPSA) is 86.1 Å². The fourth-order valence-corrected chi connectivity index (χ4v) is 3.60. The third-order valence-electron chi connectivity index (χ3n) is 4.40. The van der Waals surface area contributed by atoms with Gasteiger partial charge in [0.15, 0.2) is 5.13 Å². The van der Waals surface area contributed by atoms with Gasteiger partial charge >= 0.3 is 0 Å². The smallest absolute Gasteiger partial charge is 0.245 e. The van der Waals surface area contributed by atoms with Crippen LogP contribution in [0.5, 0.6) is 0 Å². The molecule has 0 bridgehead atoms. The molecule has 132 valence electrons. The lowest BCUT2D eigenvalue weighted by molar-refractivity contribution is -0.130. The Hall–Kier alpha value is -2.98. The molecule has 1 N–H and O–H groups in total. The average molecular weight is 366 g/mol. The van der Waals surface area contributed by atoms with E-state index in [0.717, 1.165) is 11.3 Å². The van der Waals surface area contributed by atoms with Crippen molar-refractivity contribution in [2.45, 2.75) is 12.8 Å². The summed E-state index contributed by atoms with van der Waals surface area (Å²) >= 11 is 1.37. The van der Waals surface area contributed by atoms with Gasteiger partial charge in [0.05, 0.1) is 17.3 Å². The van der Waals surface area contributed by atoms with Crippen LogP contribution in [-0.4, -0.2) is 34.8 Å². The highest BCUT2D eigenvalue weighted by molar-refractivity contribution is 7.14. The van der Waals surface area contributed by atoms with Crippen molar-refractivity contribution in [1.29, 1.82) is 5.26 Å². The van der Waals surface area contributed by atoms with E-state index >= 15 is 0 Å². The van der Waals surface area contributed by atoms with Crippen molar-refractivity contribution in [1.82, 2.24) is 9.88 Å². The number of benzene rings is 1. The predicted octanol–water partition coefficient (Wildman–Crippen LogP) is 3.04. The molecule has 1 aliphatic rings. The lowest BCUT2D eigenvalue weighted by atomic mass is 9.96. The maximum absolute atomic E-state index is 12.4. The van der Waals surface area contributed by atoms with Crippen LogP contribution in [0, 0.1) is 17.2 Å². The van der Waals surface area contributed by atoms with Gasteiger partial charge in [0.25, 0.3) is 0 Å². The van der Waals surface area contributed by atoms with Gasteiger partial charge in [-0.1, -0.05) is 18.7 Å². The van der Waals surface area contributed by atoms with Crippen molar-refractivity contribution < 1.29 is 9.59 Å². The van der Waals surface area contributed by atoms with Gasteiger partial charge in [-0.2, -0.15) is 5.26 Å². The highest BCUT2D eigenvalue weighted by Gasteiger charge is 2.26. The summed E-state index contributed by atoms with van der Waals surface area (Å²) in [6.07, 6.45) is 2.58. The van der Waals surface area contributed by atoms with Crippen LogP contribution in [0.2, 0.25) is 0 Å². The molecule has 0 saturated carbocycles.